The summed E-state index contributed by atoms with van der Waals surface area (Å²) in [4.78, 5) is 0. The molecule has 0 aliphatic rings. The molecule has 0 radical (unpaired) electrons. The number of hydrogen-bond donors (Lipinski definition) is 0. The van der Waals surface area contributed by atoms with Crippen LogP contribution >= 0.6 is 11.3 Å². The maximum absolute atomic E-state index is 2.43. The summed E-state index contributed by atoms with van der Waals surface area (Å²) in [5.74, 6) is 0. The summed E-state index contributed by atoms with van der Waals surface area (Å²) in [5, 5.41) is 14.0. The minimum atomic E-state index is 1.19. The Morgan fingerprint density at radius 3 is 1.73 bits per heavy atom. The molecule has 0 saturated heterocycles. The second kappa shape index (κ2) is 8.54. The summed E-state index contributed by atoms with van der Waals surface area (Å²) in [6, 6.07) is 47.2. The van der Waals surface area contributed by atoms with E-state index in [9.17, 15) is 0 Å². The van der Waals surface area contributed by atoms with Crippen molar-refractivity contribution in [3.63, 3.8) is 0 Å². The molecule has 0 unspecified atom stereocenters. The smallest absolute Gasteiger partial charge is 0.0541 e. The predicted molar refractivity (Wildman–Crippen MR) is 179 cm³/mol. The van der Waals surface area contributed by atoms with Crippen molar-refractivity contribution in [3.05, 3.63) is 138 Å². The number of nitrogens with zero attached hydrogens (tertiary/aromatic N) is 1. The van der Waals surface area contributed by atoms with Gasteiger partial charge in [-0.15, -0.1) is 11.3 Å². The average Bonchev–Trinajstić information content (AvgIpc) is 3.57. The third-order valence-corrected chi connectivity index (χ3v) is 9.84. The molecule has 2 heterocycles. The molecule has 2 heteroatoms. The highest BCUT2D eigenvalue weighted by Gasteiger charge is 2.15. The third-order valence-electron chi connectivity index (χ3n) is 8.76. The predicted octanol–water partition coefficient (Wildman–Crippen LogP) is 11.4. The molecule has 0 bridgehead atoms. The molecule has 9 rings (SSSR count). The van der Waals surface area contributed by atoms with Crippen LogP contribution in [0.25, 0.3) is 81.0 Å². The van der Waals surface area contributed by atoms with Gasteiger partial charge in [0.05, 0.1) is 11.0 Å². The number of benzene rings is 7. The van der Waals surface area contributed by atoms with Gasteiger partial charge in [0.15, 0.2) is 0 Å². The standard InChI is InChI=1S/C39H25NS/c1-24-23-41-39-19-15-26(20-34(24)39)25-14-18-38-36(21-25)33-12-6-7-13-37(33)40(38)27-16-17-32-30-10-3-2-8-28(30)29-9-4-5-11-31(29)35(32)22-27/h2-23H,1H3. The second-order valence-electron chi connectivity index (χ2n) is 11.0. The molecular formula is C39H25NS. The minimum Gasteiger partial charge on any atom is -0.309 e. The van der Waals surface area contributed by atoms with Crippen LogP contribution in [0.2, 0.25) is 0 Å². The van der Waals surface area contributed by atoms with Gasteiger partial charge in [-0.25, -0.2) is 0 Å². The Kier molecular flexibility index (Phi) is 4.76. The molecule has 41 heavy (non-hydrogen) atoms. The zero-order valence-corrected chi connectivity index (χ0v) is 23.4. The summed E-state index contributed by atoms with van der Waals surface area (Å²) in [7, 11) is 0. The first-order valence-corrected chi connectivity index (χ1v) is 15.0. The van der Waals surface area contributed by atoms with E-state index in [-0.39, 0.29) is 0 Å². The van der Waals surface area contributed by atoms with Crippen molar-refractivity contribution in [1.29, 1.82) is 0 Å². The maximum Gasteiger partial charge on any atom is 0.0541 e. The van der Waals surface area contributed by atoms with Crippen LogP contribution in [0.1, 0.15) is 5.56 Å². The number of fused-ring (bicyclic) bond motifs is 10. The Morgan fingerprint density at radius 2 is 1.00 bits per heavy atom. The topological polar surface area (TPSA) is 4.93 Å². The number of para-hydroxylation sites is 1. The lowest BCUT2D eigenvalue weighted by atomic mass is 9.94. The molecule has 192 valence electrons. The van der Waals surface area contributed by atoms with Crippen molar-refractivity contribution in [2.75, 3.05) is 0 Å². The van der Waals surface area contributed by atoms with Gasteiger partial charge in [0.1, 0.15) is 0 Å². The van der Waals surface area contributed by atoms with Gasteiger partial charge in [-0.3, -0.25) is 0 Å². The van der Waals surface area contributed by atoms with Gasteiger partial charge in [-0.05, 0) is 109 Å². The van der Waals surface area contributed by atoms with E-state index < -0.39 is 0 Å². The molecule has 9 aromatic rings. The number of rotatable bonds is 2. The van der Waals surface area contributed by atoms with Crippen LogP contribution in [0.3, 0.4) is 0 Å². The fourth-order valence-corrected chi connectivity index (χ4v) is 7.73. The van der Waals surface area contributed by atoms with Gasteiger partial charge in [-0.2, -0.15) is 0 Å². The zero-order chi connectivity index (χ0) is 27.1. The van der Waals surface area contributed by atoms with Gasteiger partial charge in [-0.1, -0.05) is 84.9 Å². The molecule has 0 N–H and O–H groups in total. The molecule has 7 aromatic carbocycles. The highest BCUT2D eigenvalue weighted by atomic mass is 32.1. The molecule has 0 aliphatic heterocycles. The van der Waals surface area contributed by atoms with Crippen molar-refractivity contribution >= 4 is 75.5 Å². The summed E-state index contributed by atoms with van der Waals surface area (Å²) in [5.41, 5.74) is 7.51. The first-order valence-electron chi connectivity index (χ1n) is 14.1. The van der Waals surface area contributed by atoms with E-state index in [1.165, 1.54) is 86.6 Å². The Labute approximate surface area is 241 Å². The Bertz CT molecular complexity index is 2460. The van der Waals surface area contributed by atoms with Crippen LogP contribution in [0.5, 0.6) is 0 Å². The van der Waals surface area contributed by atoms with E-state index in [4.69, 9.17) is 0 Å². The van der Waals surface area contributed by atoms with Crippen molar-refractivity contribution in [2.45, 2.75) is 6.92 Å². The van der Waals surface area contributed by atoms with Crippen LogP contribution in [0, 0.1) is 6.92 Å². The molecule has 0 fully saturated rings. The monoisotopic (exact) mass is 539 g/mol. The molecule has 0 amide bonds. The van der Waals surface area contributed by atoms with Crippen LogP contribution in [0.15, 0.2) is 133 Å². The number of aromatic nitrogens is 1. The average molecular weight is 540 g/mol. The largest absolute Gasteiger partial charge is 0.309 e. The van der Waals surface area contributed by atoms with E-state index in [2.05, 4.69) is 144 Å². The molecular weight excluding hydrogens is 515 g/mol. The number of aryl methyl sites for hydroxylation is 1. The normalized spacial score (nSPS) is 12.0. The maximum atomic E-state index is 2.43. The first kappa shape index (κ1) is 22.9. The van der Waals surface area contributed by atoms with Crippen molar-refractivity contribution in [1.82, 2.24) is 4.57 Å². The summed E-state index contributed by atoms with van der Waals surface area (Å²) < 4.78 is 3.78. The molecule has 2 aromatic heterocycles. The molecule has 0 aliphatic carbocycles. The van der Waals surface area contributed by atoms with Gasteiger partial charge >= 0.3 is 0 Å². The van der Waals surface area contributed by atoms with E-state index >= 15 is 0 Å². The van der Waals surface area contributed by atoms with Crippen LogP contribution in [0.4, 0.5) is 0 Å². The zero-order valence-electron chi connectivity index (χ0n) is 22.6. The highest BCUT2D eigenvalue weighted by Crippen LogP contribution is 2.39. The van der Waals surface area contributed by atoms with Crippen LogP contribution < -0.4 is 0 Å². The van der Waals surface area contributed by atoms with Gasteiger partial charge in [0, 0.05) is 21.2 Å². The summed E-state index contributed by atoms with van der Waals surface area (Å²) in [6.45, 7) is 2.20. The summed E-state index contributed by atoms with van der Waals surface area (Å²) >= 11 is 1.82. The lowest BCUT2D eigenvalue weighted by Gasteiger charge is -2.14. The Morgan fingerprint density at radius 1 is 0.439 bits per heavy atom. The lowest BCUT2D eigenvalue weighted by Crippen LogP contribution is -1.94. The Balaban J connectivity index is 1.32. The van der Waals surface area contributed by atoms with Gasteiger partial charge in [0.2, 0.25) is 0 Å². The molecule has 0 saturated carbocycles. The molecule has 0 spiro atoms. The van der Waals surface area contributed by atoms with Crippen LogP contribution in [-0.2, 0) is 0 Å². The van der Waals surface area contributed by atoms with Gasteiger partial charge in [0.25, 0.3) is 0 Å². The summed E-state index contributed by atoms with van der Waals surface area (Å²) in [6.07, 6.45) is 0. The third kappa shape index (κ3) is 3.29. The molecule has 0 atom stereocenters. The number of hydrogen-bond acceptors (Lipinski definition) is 1. The van der Waals surface area contributed by atoms with E-state index in [1.807, 2.05) is 11.3 Å². The number of thiophene rings is 1. The minimum absolute atomic E-state index is 1.19. The molecule has 1 nitrogen and oxygen atoms in total. The van der Waals surface area contributed by atoms with Crippen molar-refractivity contribution in [3.8, 4) is 16.8 Å². The first-order chi connectivity index (χ1) is 20.2. The lowest BCUT2D eigenvalue weighted by molar-refractivity contribution is 1.19. The Hall–Kier alpha value is -4.92. The highest BCUT2D eigenvalue weighted by molar-refractivity contribution is 7.17. The fourth-order valence-electron chi connectivity index (χ4n) is 6.80. The van der Waals surface area contributed by atoms with E-state index in [1.54, 1.807) is 0 Å². The van der Waals surface area contributed by atoms with E-state index in [0.29, 0.717) is 0 Å². The van der Waals surface area contributed by atoms with Gasteiger partial charge < -0.3 is 4.57 Å². The van der Waals surface area contributed by atoms with Crippen molar-refractivity contribution in [2.24, 2.45) is 0 Å². The van der Waals surface area contributed by atoms with Crippen molar-refractivity contribution < 1.29 is 0 Å². The quantitative estimate of drug-likeness (QED) is 0.193. The second-order valence-corrected chi connectivity index (χ2v) is 11.9. The SMILES string of the molecule is Cc1csc2ccc(-c3ccc4c(c3)c3ccccc3n4-c3ccc4c5ccccc5c5ccccc5c4c3)cc12. The van der Waals surface area contributed by atoms with E-state index in [0.717, 1.165) is 0 Å². The fraction of sp³-hybridized carbons (Fsp3) is 0.0256. The van der Waals surface area contributed by atoms with Crippen LogP contribution in [-0.4, -0.2) is 4.57 Å².